The number of para-hydroxylation sites is 2. The summed E-state index contributed by atoms with van der Waals surface area (Å²) < 4.78 is 0. The Labute approximate surface area is 208 Å². The lowest BCUT2D eigenvalue weighted by atomic mass is 9.89. The molecule has 6 heteroatoms. The predicted molar refractivity (Wildman–Crippen MR) is 143 cm³/mol. The van der Waals surface area contributed by atoms with Crippen molar-refractivity contribution in [2.75, 3.05) is 0 Å². The number of phenols is 2. The Morgan fingerprint density at radius 3 is 1.53 bits per heavy atom. The molecule has 2 atom stereocenters. The summed E-state index contributed by atoms with van der Waals surface area (Å²) in [7, 11) is 0. The third-order valence-corrected chi connectivity index (χ3v) is 8.49. The van der Waals surface area contributed by atoms with Gasteiger partial charge in [-0.25, -0.2) is 0 Å². The van der Waals surface area contributed by atoms with E-state index in [0.29, 0.717) is 36.7 Å². The van der Waals surface area contributed by atoms with Crippen LogP contribution in [0.15, 0.2) is 71.4 Å². The molecule has 176 valence electrons. The second-order valence-electron chi connectivity index (χ2n) is 8.84. The highest BCUT2D eigenvalue weighted by Gasteiger charge is 2.25. The Morgan fingerprint density at radius 2 is 1.12 bits per heavy atom. The second kappa shape index (κ2) is 10.7. The second-order valence-corrected chi connectivity index (χ2v) is 10.7. The van der Waals surface area contributed by atoms with E-state index in [2.05, 4.69) is 10.6 Å². The van der Waals surface area contributed by atoms with Crippen molar-refractivity contribution < 1.29 is 10.2 Å². The van der Waals surface area contributed by atoms with Crippen LogP contribution in [0, 0.1) is 0 Å². The molecule has 1 aliphatic carbocycles. The van der Waals surface area contributed by atoms with E-state index in [4.69, 9.17) is 0 Å². The van der Waals surface area contributed by atoms with Crippen molar-refractivity contribution in [3.8, 4) is 32.4 Å². The number of rotatable bonds is 8. The van der Waals surface area contributed by atoms with Gasteiger partial charge in [0.1, 0.15) is 11.5 Å². The molecule has 4 nitrogen and oxygen atoms in total. The normalized spacial score (nSPS) is 18.2. The lowest BCUT2D eigenvalue weighted by Crippen LogP contribution is -2.49. The molecule has 0 radical (unpaired) electrons. The third kappa shape index (κ3) is 5.05. The largest absolute Gasteiger partial charge is 0.507 e. The molecule has 0 bridgehead atoms. The molecule has 1 fully saturated rings. The topological polar surface area (TPSA) is 64.5 Å². The Morgan fingerprint density at radius 1 is 0.647 bits per heavy atom. The summed E-state index contributed by atoms with van der Waals surface area (Å²) in [6, 6.07) is 20.7. The van der Waals surface area contributed by atoms with Gasteiger partial charge in [-0.05, 0) is 47.9 Å². The van der Waals surface area contributed by atoms with Gasteiger partial charge in [-0.1, -0.05) is 49.2 Å². The van der Waals surface area contributed by atoms with E-state index in [1.807, 2.05) is 71.4 Å². The summed E-state index contributed by atoms with van der Waals surface area (Å²) in [6.07, 6.45) is 4.61. The maximum Gasteiger partial charge on any atom is 0.128 e. The lowest BCUT2D eigenvalue weighted by Gasteiger charge is -2.33. The fraction of sp³-hybridized carbons (Fsp3) is 0.286. The molecule has 2 heterocycles. The van der Waals surface area contributed by atoms with Gasteiger partial charge in [0.15, 0.2) is 0 Å². The van der Waals surface area contributed by atoms with Crippen LogP contribution in [-0.4, -0.2) is 22.3 Å². The zero-order chi connectivity index (χ0) is 23.3. The summed E-state index contributed by atoms with van der Waals surface area (Å²) in [5.74, 6) is 0.737. The summed E-state index contributed by atoms with van der Waals surface area (Å²) in [5, 5.41) is 33.2. The maximum absolute atomic E-state index is 10.9. The molecule has 2 aromatic heterocycles. The van der Waals surface area contributed by atoms with Crippen molar-refractivity contribution in [1.82, 2.24) is 10.6 Å². The molecule has 0 spiro atoms. The first-order chi connectivity index (χ1) is 16.7. The molecule has 0 amide bonds. The zero-order valence-electron chi connectivity index (χ0n) is 19.0. The Kier molecular flexibility index (Phi) is 7.30. The van der Waals surface area contributed by atoms with E-state index in [0.717, 1.165) is 44.8 Å². The van der Waals surface area contributed by atoms with E-state index in [1.165, 1.54) is 12.8 Å². The van der Waals surface area contributed by atoms with Crippen LogP contribution in [0.25, 0.3) is 20.9 Å². The van der Waals surface area contributed by atoms with Crippen molar-refractivity contribution in [3.05, 3.63) is 82.6 Å². The molecular weight excluding hydrogens is 460 g/mol. The van der Waals surface area contributed by atoms with Gasteiger partial charge in [0.25, 0.3) is 0 Å². The van der Waals surface area contributed by atoms with Gasteiger partial charge in [-0.15, -0.1) is 22.7 Å². The highest BCUT2D eigenvalue weighted by atomic mass is 32.1. The zero-order valence-corrected chi connectivity index (χ0v) is 20.7. The quantitative estimate of drug-likeness (QED) is 0.221. The predicted octanol–water partition coefficient (Wildman–Crippen LogP) is 6.75. The van der Waals surface area contributed by atoms with E-state index in [1.54, 1.807) is 22.7 Å². The first kappa shape index (κ1) is 23.1. The fourth-order valence-corrected chi connectivity index (χ4v) is 6.34. The Bertz CT molecular complexity index is 1110. The number of phenolic OH excluding ortho intramolecular Hbond substituents is 2. The first-order valence-corrected chi connectivity index (χ1v) is 13.6. The summed E-state index contributed by atoms with van der Waals surface area (Å²) >= 11 is 3.28. The molecule has 1 unspecified atom stereocenters. The van der Waals surface area contributed by atoms with Gasteiger partial charge >= 0.3 is 0 Å². The standard InChI is InChI=1S/C28H30N2O2S2/c31-27-19(7-3-9-21(27)25-13-5-15-33-25)17-29-23-11-1-2-12-24(23)30-18-20-8-4-10-22(28(20)32)26-14-6-16-34-26/h3-10,13-16,23-24,29-32H,1-2,11-12,17-18H2/t23-,24?/m1/s1. The molecule has 4 N–H and O–H groups in total. The van der Waals surface area contributed by atoms with E-state index >= 15 is 0 Å². The van der Waals surface area contributed by atoms with Crippen LogP contribution in [0.1, 0.15) is 36.8 Å². The Hall–Kier alpha value is -2.64. The van der Waals surface area contributed by atoms with Crippen molar-refractivity contribution in [3.63, 3.8) is 0 Å². The number of hydrogen-bond acceptors (Lipinski definition) is 6. The summed E-state index contributed by atoms with van der Waals surface area (Å²) in [6.45, 7) is 1.26. The van der Waals surface area contributed by atoms with E-state index in [-0.39, 0.29) is 0 Å². The van der Waals surface area contributed by atoms with Crippen LogP contribution in [0.4, 0.5) is 0 Å². The molecule has 2 aromatic carbocycles. The smallest absolute Gasteiger partial charge is 0.128 e. The molecular formula is C28H30N2O2S2. The third-order valence-electron chi connectivity index (χ3n) is 6.69. The number of hydrogen-bond donors (Lipinski definition) is 4. The Balaban J connectivity index is 1.25. The number of thiophene rings is 2. The highest BCUT2D eigenvalue weighted by molar-refractivity contribution is 7.13. The molecule has 0 saturated heterocycles. The summed E-state index contributed by atoms with van der Waals surface area (Å²) in [4.78, 5) is 2.17. The molecule has 1 aliphatic rings. The average molecular weight is 491 g/mol. The van der Waals surface area contributed by atoms with Gasteiger partial charge in [0.2, 0.25) is 0 Å². The van der Waals surface area contributed by atoms with Gasteiger partial charge in [-0.3, -0.25) is 0 Å². The lowest BCUT2D eigenvalue weighted by molar-refractivity contribution is 0.279. The van der Waals surface area contributed by atoms with Crippen LogP contribution < -0.4 is 10.6 Å². The van der Waals surface area contributed by atoms with Crippen LogP contribution in [-0.2, 0) is 13.1 Å². The minimum atomic E-state index is 0.321. The molecule has 1 saturated carbocycles. The minimum Gasteiger partial charge on any atom is -0.507 e. The van der Waals surface area contributed by atoms with Crippen molar-refractivity contribution >= 4 is 22.7 Å². The number of aromatic hydroxyl groups is 2. The van der Waals surface area contributed by atoms with Crippen molar-refractivity contribution in [2.45, 2.75) is 50.9 Å². The van der Waals surface area contributed by atoms with Gasteiger partial charge in [0.05, 0.1) is 0 Å². The molecule has 0 aliphatic heterocycles. The van der Waals surface area contributed by atoms with Crippen LogP contribution in [0.3, 0.4) is 0 Å². The summed E-state index contributed by atoms with van der Waals surface area (Å²) in [5.41, 5.74) is 3.65. The van der Waals surface area contributed by atoms with E-state index in [9.17, 15) is 10.2 Å². The van der Waals surface area contributed by atoms with Crippen molar-refractivity contribution in [1.29, 1.82) is 0 Å². The van der Waals surface area contributed by atoms with Crippen molar-refractivity contribution in [2.24, 2.45) is 0 Å². The minimum absolute atomic E-state index is 0.321. The first-order valence-electron chi connectivity index (χ1n) is 11.9. The number of benzene rings is 2. The molecule has 34 heavy (non-hydrogen) atoms. The van der Waals surface area contributed by atoms with Gasteiger partial charge in [-0.2, -0.15) is 0 Å². The van der Waals surface area contributed by atoms with E-state index < -0.39 is 0 Å². The average Bonchev–Trinajstić information content (AvgIpc) is 3.58. The van der Waals surface area contributed by atoms with Gasteiger partial charge < -0.3 is 20.8 Å². The maximum atomic E-state index is 10.9. The van der Waals surface area contributed by atoms with Crippen LogP contribution in [0.5, 0.6) is 11.5 Å². The fourth-order valence-electron chi connectivity index (χ4n) is 4.83. The number of nitrogens with one attached hydrogen (secondary N) is 2. The molecule has 4 aromatic rings. The molecule has 5 rings (SSSR count). The monoisotopic (exact) mass is 490 g/mol. The SMILES string of the molecule is Oc1c(CNC2CCCC[C@H]2NCc2cccc(-c3cccs3)c2O)cccc1-c1cccs1. The highest BCUT2D eigenvalue weighted by Crippen LogP contribution is 2.36. The van der Waals surface area contributed by atoms with Crippen LogP contribution >= 0.6 is 22.7 Å². The van der Waals surface area contributed by atoms with Crippen LogP contribution in [0.2, 0.25) is 0 Å². The van der Waals surface area contributed by atoms with Gasteiger partial charge in [0, 0.05) is 57.2 Å².